The Hall–Kier alpha value is -1.36. The standard InChI is InChI=1S/C12H20N4O/c1-9-10(6-15-16-9)11(17)14-8-12(2)4-3-5-13-7-12/h6,13H,3-5,7-8H2,1-2H3,(H,14,17)(H,15,16). The lowest BCUT2D eigenvalue weighted by Crippen LogP contribution is -2.45. The van der Waals surface area contributed by atoms with Gasteiger partial charge in [-0.25, -0.2) is 0 Å². The molecule has 17 heavy (non-hydrogen) atoms. The predicted molar refractivity (Wildman–Crippen MR) is 65.9 cm³/mol. The van der Waals surface area contributed by atoms with Crippen molar-refractivity contribution >= 4 is 5.91 Å². The summed E-state index contributed by atoms with van der Waals surface area (Å²) in [5.41, 5.74) is 1.62. The SMILES string of the molecule is Cc1[nH]ncc1C(=O)NCC1(C)CCCNC1. The van der Waals surface area contributed by atoms with Crippen molar-refractivity contribution < 1.29 is 4.79 Å². The van der Waals surface area contributed by atoms with Crippen molar-refractivity contribution in [2.45, 2.75) is 26.7 Å². The lowest BCUT2D eigenvalue weighted by atomic mass is 9.83. The summed E-state index contributed by atoms with van der Waals surface area (Å²) in [5.74, 6) is -0.0388. The molecule has 5 heteroatoms. The monoisotopic (exact) mass is 236 g/mol. The van der Waals surface area contributed by atoms with Crippen LogP contribution in [0.2, 0.25) is 0 Å². The van der Waals surface area contributed by atoms with Crippen LogP contribution >= 0.6 is 0 Å². The highest BCUT2D eigenvalue weighted by Gasteiger charge is 2.27. The van der Waals surface area contributed by atoms with Crippen molar-refractivity contribution in [1.29, 1.82) is 0 Å². The maximum atomic E-state index is 11.9. The first-order valence-corrected chi connectivity index (χ1v) is 6.10. The molecule has 1 aliphatic rings. The maximum absolute atomic E-state index is 11.9. The van der Waals surface area contributed by atoms with Crippen LogP contribution in [0.1, 0.15) is 35.8 Å². The van der Waals surface area contributed by atoms with Crippen LogP contribution < -0.4 is 10.6 Å². The van der Waals surface area contributed by atoms with Crippen LogP contribution in [0.4, 0.5) is 0 Å². The van der Waals surface area contributed by atoms with Crippen LogP contribution in [0.15, 0.2) is 6.20 Å². The summed E-state index contributed by atoms with van der Waals surface area (Å²) in [5, 5.41) is 13.0. The summed E-state index contributed by atoms with van der Waals surface area (Å²) in [6, 6.07) is 0. The van der Waals surface area contributed by atoms with Crippen LogP contribution in [0, 0.1) is 12.3 Å². The summed E-state index contributed by atoms with van der Waals surface area (Å²) in [6.07, 6.45) is 3.91. The number of nitrogens with one attached hydrogen (secondary N) is 3. The molecule has 1 fully saturated rings. The van der Waals surface area contributed by atoms with Gasteiger partial charge in [0.2, 0.25) is 0 Å². The van der Waals surface area contributed by atoms with E-state index in [1.165, 1.54) is 6.42 Å². The molecule has 1 unspecified atom stereocenters. The number of aryl methyl sites for hydroxylation is 1. The fourth-order valence-corrected chi connectivity index (χ4v) is 2.24. The molecular weight excluding hydrogens is 216 g/mol. The van der Waals surface area contributed by atoms with E-state index in [-0.39, 0.29) is 11.3 Å². The van der Waals surface area contributed by atoms with Gasteiger partial charge in [0.05, 0.1) is 11.8 Å². The number of amides is 1. The summed E-state index contributed by atoms with van der Waals surface area (Å²) in [7, 11) is 0. The lowest BCUT2D eigenvalue weighted by molar-refractivity contribution is 0.0924. The Bertz CT molecular complexity index is 393. The highest BCUT2D eigenvalue weighted by Crippen LogP contribution is 2.24. The zero-order valence-corrected chi connectivity index (χ0v) is 10.5. The molecule has 0 bridgehead atoms. The first kappa shape index (κ1) is 12.1. The summed E-state index contributed by atoms with van der Waals surface area (Å²) >= 11 is 0. The summed E-state index contributed by atoms with van der Waals surface area (Å²) < 4.78 is 0. The van der Waals surface area contributed by atoms with Gasteiger partial charge in [0.15, 0.2) is 0 Å². The average Bonchev–Trinajstić information content (AvgIpc) is 2.74. The number of carbonyl (C=O) groups excluding carboxylic acids is 1. The van der Waals surface area contributed by atoms with E-state index in [1.807, 2.05) is 6.92 Å². The minimum Gasteiger partial charge on any atom is -0.351 e. The molecule has 5 nitrogen and oxygen atoms in total. The largest absolute Gasteiger partial charge is 0.351 e. The minimum absolute atomic E-state index is 0.0388. The highest BCUT2D eigenvalue weighted by atomic mass is 16.1. The second-order valence-corrected chi connectivity index (χ2v) is 5.18. The van der Waals surface area contributed by atoms with Crippen molar-refractivity contribution in [3.63, 3.8) is 0 Å². The molecular formula is C12H20N4O. The fourth-order valence-electron chi connectivity index (χ4n) is 2.24. The first-order chi connectivity index (χ1) is 8.11. The van der Waals surface area contributed by atoms with Gasteiger partial charge >= 0.3 is 0 Å². The number of H-pyrrole nitrogens is 1. The van der Waals surface area contributed by atoms with Gasteiger partial charge in [0.25, 0.3) is 5.91 Å². The van der Waals surface area contributed by atoms with E-state index >= 15 is 0 Å². The number of carbonyl (C=O) groups is 1. The number of aromatic amines is 1. The molecule has 0 saturated carbocycles. The van der Waals surface area contributed by atoms with Gasteiger partial charge in [-0.15, -0.1) is 0 Å². The smallest absolute Gasteiger partial charge is 0.254 e. The van der Waals surface area contributed by atoms with Gasteiger partial charge in [0.1, 0.15) is 0 Å². The second kappa shape index (κ2) is 4.87. The van der Waals surface area contributed by atoms with E-state index in [2.05, 4.69) is 27.8 Å². The van der Waals surface area contributed by atoms with E-state index in [0.29, 0.717) is 12.1 Å². The number of piperidine rings is 1. The number of rotatable bonds is 3. The van der Waals surface area contributed by atoms with Crippen molar-refractivity contribution in [3.8, 4) is 0 Å². The van der Waals surface area contributed by atoms with Gasteiger partial charge in [0, 0.05) is 18.8 Å². The Morgan fingerprint density at radius 2 is 2.47 bits per heavy atom. The van der Waals surface area contributed by atoms with E-state index in [1.54, 1.807) is 6.20 Å². The molecule has 0 aliphatic carbocycles. The van der Waals surface area contributed by atoms with E-state index in [9.17, 15) is 4.79 Å². The number of hydrogen-bond acceptors (Lipinski definition) is 3. The predicted octanol–water partition coefficient (Wildman–Crippen LogP) is 0.838. The zero-order chi connectivity index (χ0) is 12.3. The summed E-state index contributed by atoms with van der Waals surface area (Å²) in [4.78, 5) is 11.9. The van der Waals surface area contributed by atoms with Crippen molar-refractivity contribution in [1.82, 2.24) is 20.8 Å². The van der Waals surface area contributed by atoms with E-state index < -0.39 is 0 Å². The Kier molecular flexibility index (Phi) is 3.47. The van der Waals surface area contributed by atoms with Crippen molar-refractivity contribution in [3.05, 3.63) is 17.5 Å². The molecule has 1 atom stereocenters. The number of nitrogens with zero attached hydrogens (tertiary/aromatic N) is 1. The normalized spacial score (nSPS) is 24.6. The second-order valence-electron chi connectivity index (χ2n) is 5.18. The Labute approximate surface area is 101 Å². The number of hydrogen-bond donors (Lipinski definition) is 3. The molecule has 0 spiro atoms. The maximum Gasteiger partial charge on any atom is 0.254 e. The summed E-state index contributed by atoms with van der Waals surface area (Å²) in [6.45, 7) is 6.83. The molecule has 1 saturated heterocycles. The molecule has 1 amide bonds. The van der Waals surface area contributed by atoms with Crippen LogP contribution in [0.5, 0.6) is 0 Å². The fraction of sp³-hybridized carbons (Fsp3) is 0.667. The Morgan fingerprint density at radius 3 is 3.06 bits per heavy atom. The van der Waals surface area contributed by atoms with Gasteiger partial charge in [-0.2, -0.15) is 5.10 Å². The van der Waals surface area contributed by atoms with Gasteiger partial charge in [-0.05, 0) is 31.7 Å². The molecule has 0 aromatic carbocycles. The third-order valence-corrected chi connectivity index (χ3v) is 3.44. The van der Waals surface area contributed by atoms with Crippen LogP contribution in [-0.2, 0) is 0 Å². The lowest BCUT2D eigenvalue weighted by Gasteiger charge is -2.34. The van der Waals surface area contributed by atoms with Crippen molar-refractivity contribution in [2.75, 3.05) is 19.6 Å². The van der Waals surface area contributed by atoms with Crippen LogP contribution in [0.25, 0.3) is 0 Å². The van der Waals surface area contributed by atoms with Gasteiger partial charge < -0.3 is 10.6 Å². The third kappa shape index (κ3) is 2.85. The number of aromatic nitrogens is 2. The molecule has 1 aromatic rings. The Balaban J connectivity index is 1.90. The topological polar surface area (TPSA) is 69.8 Å². The van der Waals surface area contributed by atoms with Crippen LogP contribution in [-0.4, -0.2) is 35.7 Å². The minimum atomic E-state index is -0.0388. The molecule has 1 aromatic heterocycles. The van der Waals surface area contributed by atoms with Crippen molar-refractivity contribution in [2.24, 2.45) is 5.41 Å². The Morgan fingerprint density at radius 1 is 1.65 bits per heavy atom. The quantitative estimate of drug-likeness (QED) is 0.728. The first-order valence-electron chi connectivity index (χ1n) is 6.10. The molecule has 1 aliphatic heterocycles. The van der Waals surface area contributed by atoms with Gasteiger partial charge in [-0.1, -0.05) is 6.92 Å². The highest BCUT2D eigenvalue weighted by molar-refractivity contribution is 5.94. The molecule has 3 N–H and O–H groups in total. The zero-order valence-electron chi connectivity index (χ0n) is 10.5. The molecule has 0 radical (unpaired) electrons. The van der Waals surface area contributed by atoms with Crippen LogP contribution in [0.3, 0.4) is 0 Å². The third-order valence-electron chi connectivity index (χ3n) is 3.44. The van der Waals surface area contributed by atoms with Gasteiger partial charge in [-0.3, -0.25) is 9.89 Å². The molecule has 2 rings (SSSR count). The van der Waals surface area contributed by atoms with E-state index in [0.717, 1.165) is 25.2 Å². The molecule has 2 heterocycles. The molecule has 94 valence electrons. The average molecular weight is 236 g/mol. The van der Waals surface area contributed by atoms with E-state index in [4.69, 9.17) is 0 Å².